The molecule has 7 heteroatoms. The normalized spacial score (nSPS) is 14.8. The van der Waals surface area contributed by atoms with Gasteiger partial charge in [-0.1, -0.05) is 98.1 Å². The Kier molecular flexibility index (Phi) is 13.9. The van der Waals surface area contributed by atoms with Gasteiger partial charge < -0.3 is 13.6 Å². The van der Waals surface area contributed by atoms with Gasteiger partial charge in [0.2, 0.25) is 0 Å². The highest BCUT2D eigenvalue weighted by atomic mass is 28.4. The van der Waals surface area contributed by atoms with Gasteiger partial charge >= 0.3 is 5.97 Å². The maximum Gasteiger partial charge on any atom is 0.305 e. The molecule has 0 fully saturated rings. The number of para-hydroxylation sites is 1. The van der Waals surface area contributed by atoms with Crippen molar-refractivity contribution in [1.82, 2.24) is 4.98 Å². The second-order valence-corrected chi connectivity index (χ2v) is 24.6. The molecule has 0 saturated heterocycles. The zero-order chi connectivity index (χ0) is 32.5. The first-order valence-electron chi connectivity index (χ1n) is 16.4. The van der Waals surface area contributed by atoms with Crippen molar-refractivity contribution < 1.29 is 18.4 Å². The van der Waals surface area contributed by atoms with Crippen molar-refractivity contribution in [3.05, 3.63) is 47.7 Å². The number of benzene rings is 1. The van der Waals surface area contributed by atoms with E-state index < -0.39 is 16.6 Å². The lowest BCUT2D eigenvalue weighted by molar-refractivity contribution is -0.140. The fourth-order valence-corrected chi connectivity index (χ4v) is 7.21. The fraction of sp³-hybridized carbons (Fsp3) is 0.667. The Morgan fingerprint density at radius 2 is 1.53 bits per heavy atom. The lowest BCUT2D eigenvalue weighted by Gasteiger charge is -2.44. The molecule has 0 amide bonds. The molecule has 1 heterocycles. The standard InChI is InChI=1S/C36H61NO4Si2/c1-13-14-15-16-21-31-29(27-28-20-17-18-22-30(28)37-31)25-26-33(41-43(11,12)36(5,6)7)32(23-19-24-34(38)39-8)40-42(9,10)35(2,3)4/h17-18,20,22,25-27,32-33H,13-16,19,21,23-24H2,1-12H3/b26-25+. The molecule has 242 valence electrons. The van der Waals surface area contributed by atoms with Crippen molar-refractivity contribution >= 4 is 39.6 Å². The summed E-state index contributed by atoms with van der Waals surface area (Å²) in [6, 6.07) is 10.7. The molecule has 2 unspecified atom stereocenters. The number of carbonyl (C=O) groups excluding carboxylic acids is 1. The maximum absolute atomic E-state index is 12.1. The summed E-state index contributed by atoms with van der Waals surface area (Å²) in [5.41, 5.74) is 3.34. The number of unbranched alkanes of at least 4 members (excludes halogenated alkanes) is 3. The Labute approximate surface area is 265 Å². The summed E-state index contributed by atoms with van der Waals surface area (Å²) in [5.74, 6) is -0.182. The van der Waals surface area contributed by atoms with Crippen LogP contribution in [-0.2, 0) is 24.8 Å². The quantitative estimate of drug-likeness (QED) is 0.105. The van der Waals surface area contributed by atoms with Gasteiger partial charge in [0, 0.05) is 17.5 Å². The predicted molar refractivity (Wildman–Crippen MR) is 189 cm³/mol. The highest BCUT2D eigenvalue weighted by Gasteiger charge is 2.44. The van der Waals surface area contributed by atoms with E-state index >= 15 is 0 Å². The SMILES string of the molecule is CCCCCCc1nc2ccccc2cc1/C=C/C(O[Si](C)(C)C(C)(C)C)C(CCCC(=O)OC)O[Si](C)(C)C(C)(C)C. The van der Waals surface area contributed by atoms with Gasteiger partial charge in [-0.15, -0.1) is 0 Å². The van der Waals surface area contributed by atoms with Gasteiger partial charge in [0.25, 0.3) is 0 Å². The van der Waals surface area contributed by atoms with E-state index in [1.807, 2.05) is 0 Å². The van der Waals surface area contributed by atoms with Crippen LogP contribution >= 0.6 is 0 Å². The molecular weight excluding hydrogens is 567 g/mol. The first-order valence-corrected chi connectivity index (χ1v) is 22.2. The third-order valence-corrected chi connectivity index (χ3v) is 18.5. The minimum Gasteiger partial charge on any atom is -0.469 e. The van der Waals surface area contributed by atoms with E-state index in [2.05, 4.69) is 117 Å². The molecule has 1 aromatic heterocycles. The minimum absolute atomic E-state index is 0.0432. The van der Waals surface area contributed by atoms with Crippen LogP contribution in [0.15, 0.2) is 36.4 Å². The van der Waals surface area contributed by atoms with Crippen LogP contribution in [0, 0.1) is 0 Å². The van der Waals surface area contributed by atoms with E-state index in [4.69, 9.17) is 18.6 Å². The summed E-state index contributed by atoms with van der Waals surface area (Å²) in [4.78, 5) is 17.2. The summed E-state index contributed by atoms with van der Waals surface area (Å²) < 4.78 is 19.3. The van der Waals surface area contributed by atoms with Crippen LogP contribution in [0.5, 0.6) is 0 Å². The van der Waals surface area contributed by atoms with Crippen LogP contribution in [0.2, 0.25) is 36.3 Å². The fourth-order valence-electron chi connectivity index (χ4n) is 4.59. The van der Waals surface area contributed by atoms with Crippen LogP contribution in [-0.4, -0.2) is 46.9 Å². The Hall–Kier alpha value is -1.81. The zero-order valence-corrected chi connectivity index (χ0v) is 31.4. The van der Waals surface area contributed by atoms with Crippen molar-refractivity contribution in [2.24, 2.45) is 0 Å². The molecule has 0 radical (unpaired) electrons. The molecule has 2 atom stereocenters. The van der Waals surface area contributed by atoms with Crippen LogP contribution in [0.3, 0.4) is 0 Å². The van der Waals surface area contributed by atoms with Gasteiger partial charge in [-0.05, 0) is 79.6 Å². The molecule has 1 aromatic carbocycles. The number of esters is 1. The number of pyridine rings is 1. The molecule has 0 spiro atoms. The number of fused-ring (bicyclic) bond motifs is 1. The third kappa shape index (κ3) is 11.2. The van der Waals surface area contributed by atoms with Gasteiger partial charge in [0.1, 0.15) is 0 Å². The maximum atomic E-state index is 12.1. The predicted octanol–water partition coefficient (Wildman–Crippen LogP) is 10.5. The molecule has 0 aliphatic heterocycles. The lowest BCUT2D eigenvalue weighted by atomic mass is 10.0. The Morgan fingerprint density at radius 3 is 2.14 bits per heavy atom. The molecular formula is C36H61NO4Si2. The molecule has 2 aromatic rings. The summed E-state index contributed by atoms with van der Waals surface area (Å²) in [6.07, 6.45) is 11.6. The number of methoxy groups -OCH3 is 1. The van der Waals surface area contributed by atoms with Crippen molar-refractivity contribution in [2.45, 2.75) is 148 Å². The van der Waals surface area contributed by atoms with E-state index in [0.717, 1.165) is 41.4 Å². The average Bonchev–Trinajstić information content (AvgIpc) is 2.91. The minimum atomic E-state index is -2.17. The van der Waals surface area contributed by atoms with Crippen molar-refractivity contribution in [3.63, 3.8) is 0 Å². The molecule has 2 rings (SSSR count). The highest BCUT2D eigenvalue weighted by Crippen LogP contribution is 2.41. The van der Waals surface area contributed by atoms with Gasteiger partial charge in [-0.2, -0.15) is 0 Å². The van der Waals surface area contributed by atoms with Gasteiger partial charge in [0.05, 0.1) is 24.8 Å². The third-order valence-electron chi connectivity index (χ3n) is 9.52. The number of aryl methyl sites for hydroxylation is 1. The Bertz CT molecular complexity index is 1190. The molecule has 0 N–H and O–H groups in total. The van der Waals surface area contributed by atoms with Gasteiger partial charge in [-0.25, -0.2) is 0 Å². The number of ether oxygens (including phenoxy) is 1. The highest BCUT2D eigenvalue weighted by molar-refractivity contribution is 6.74. The summed E-state index contributed by atoms with van der Waals surface area (Å²) in [5, 5.41) is 1.24. The van der Waals surface area contributed by atoms with Crippen LogP contribution < -0.4 is 0 Å². The molecule has 0 bridgehead atoms. The Morgan fingerprint density at radius 1 is 0.907 bits per heavy atom. The second-order valence-electron chi connectivity index (χ2n) is 15.1. The molecule has 5 nitrogen and oxygen atoms in total. The van der Waals surface area contributed by atoms with E-state index in [-0.39, 0.29) is 28.3 Å². The summed E-state index contributed by atoms with van der Waals surface area (Å²) >= 11 is 0. The van der Waals surface area contributed by atoms with Crippen LogP contribution in [0.1, 0.15) is 105 Å². The molecule has 0 saturated carbocycles. The number of aromatic nitrogens is 1. The van der Waals surface area contributed by atoms with E-state index in [1.54, 1.807) is 0 Å². The molecule has 0 aliphatic carbocycles. The Balaban J connectivity index is 2.59. The largest absolute Gasteiger partial charge is 0.469 e. The van der Waals surface area contributed by atoms with Crippen molar-refractivity contribution in [1.29, 1.82) is 0 Å². The smallest absolute Gasteiger partial charge is 0.305 e. The number of rotatable bonds is 16. The molecule has 43 heavy (non-hydrogen) atoms. The average molecular weight is 628 g/mol. The number of carbonyl (C=O) groups is 1. The van der Waals surface area contributed by atoms with E-state index in [9.17, 15) is 4.79 Å². The monoisotopic (exact) mass is 627 g/mol. The lowest BCUT2D eigenvalue weighted by Crippen LogP contribution is -2.51. The van der Waals surface area contributed by atoms with E-state index in [1.165, 1.54) is 26.4 Å². The van der Waals surface area contributed by atoms with Crippen molar-refractivity contribution in [2.75, 3.05) is 7.11 Å². The number of nitrogens with zero attached hydrogens (tertiary/aromatic N) is 1. The van der Waals surface area contributed by atoms with Crippen molar-refractivity contribution in [3.8, 4) is 0 Å². The van der Waals surface area contributed by atoms with Gasteiger partial charge in [0.15, 0.2) is 16.6 Å². The summed E-state index contributed by atoms with van der Waals surface area (Å²) in [7, 11) is -2.86. The topological polar surface area (TPSA) is 57.7 Å². The number of hydrogen-bond donors (Lipinski definition) is 0. The van der Waals surface area contributed by atoms with Crippen LogP contribution in [0.4, 0.5) is 0 Å². The van der Waals surface area contributed by atoms with Gasteiger partial charge in [-0.3, -0.25) is 9.78 Å². The molecule has 0 aliphatic rings. The zero-order valence-electron chi connectivity index (χ0n) is 29.4. The second kappa shape index (κ2) is 16.0. The first-order chi connectivity index (χ1) is 19.9. The number of hydrogen-bond acceptors (Lipinski definition) is 5. The van der Waals surface area contributed by atoms with E-state index in [0.29, 0.717) is 12.8 Å². The summed E-state index contributed by atoms with van der Waals surface area (Å²) in [6.45, 7) is 25.1. The van der Waals surface area contributed by atoms with Crippen LogP contribution in [0.25, 0.3) is 17.0 Å². The first kappa shape index (κ1) is 37.4.